The van der Waals surface area contributed by atoms with E-state index in [0.29, 0.717) is 37.1 Å². The van der Waals surface area contributed by atoms with Crippen molar-refractivity contribution in [2.45, 2.75) is 37.8 Å². The van der Waals surface area contributed by atoms with E-state index in [-0.39, 0.29) is 24.2 Å². The molecule has 2 amide bonds. The van der Waals surface area contributed by atoms with Crippen molar-refractivity contribution in [1.82, 2.24) is 19.8 Å². The average molecular weight is 474 g/mol. The minimum Gasteiger partial charge on any atom is -0.465 e. The molecule has 0 saturated carbocycles. The van der Waals surface area contributed by atoms with Crippen LogP contribution in [0.25, 0.3) is 11.3 Å². The monoisotopic (exact) mass is 473 g/mol. The second-order valence-corrected chi connectivity index (χ2v) is 9.02. The van der Waals surface area contributed by atoms with Crippen LogP contribution in [0, 0.1) is 0 Å². The van der Waals surface area contributed by atoms with Crippen LogP contribution >= 0.6 is 0 Å². The molecule has 3 aromatic rings. The van der Waals surface area contributed by atoms with Crippen molar-refractivity contribution < 1.29 is 19.5 Å². The Morgan fingerprint density at radius 1 is 1.14 bits per heavy atom. The van der Waals surface area contributed by atoms with Crippen LogP contribution < -0.4 is 5.32 Å². The van der Waals surface area contributed by atoms with Gasteiger partial charge in [0.25, 0.3) is 0 Å². The number of likely N-dealkylation sites (tertiary alicyclic amines) is 1. The van der Waals surface area contributed by atoms with Crippen LogP contribution in [0.5, 0.6) is 0 Å². The van der Waals surface area contributed by atoms with E-state index in [4.69, 9.17) is 0 Å². The Morgan fingerprint density at radius 3 is 2.60 bits per heavy atom. The predicted octanol–water partition coefficient (Wildman–Crippen LogP) is 3.92. The molecule has 1 unspecified atom stereocenters. The molecule has 2 aromatic heterocycles. The van der Waals surface area contributed by atoms with E-state index < -0.39 is 12.1 Å². The fourth-order valence-electron chi connectivity index (χ4n) is 5.10. The fraction of sp³-hybridized carbons (Fsp3) is 0.308. The molecule has 9 heteroatoms. The number of para-hydroxylation sites is 1. The molecule has 180 valence electrons. The summed E-state index contributed by atoms with van der Waals surface area (Å²) in [5.41, 5.74) is 4.62. The van der Waals surface area contributed by atoms with Crippen molar-refractivity contribution in [2.24, 2.45) is 0 Å². The Hall–Kier alpha value is -4.14. The van der Waals surface area contributed by atoms with Crippen LogP contribution in [0.15, 0.2) is 54.9 Å². The zero-order valence-electron chi connectivity index (χ0n) is 19.4. The number of benzene rings is 1. The first-order valence-electron chi connectivity index (χ1n) is 11.7. The number of rotatable bonds is 5. The number of fused-ring (bicyclic) bond motifs is 1. The van der Waals surface area contributed by atoms with Gasteiger partial charge in [0.1, 0.15) is 6.04 Å². The van der Waals surface area contributed by atoms with Crippen molar-refractivity contribution in [2.75, 3.05) is 18.9 Å². The van der Waals surface area contributed by atoms with E-state index in [9.17, 15) is 19.5 Å². The summed E-state index contributed by atoms with van der Waals surface area (Å²) in [6.07, 6.45) is 4.12. The predicted molar refractivity (Wildman–Crippen MR) is 131 cm³/mol. The molecule has 9 nitrogen and oxygen atoms in total. The van der Waals surface area contributed by atoms with Gasteiger partial charge in [0, 0.05) is 61.8 Å². The van der Waals surface area contributed by atoms with Gasteiger partial charge in [0.15, 0.2) is 5.78 Å². The number of carboxylic acid groups (broad SMARTS) is 1. The van der Waals surface area contributed by atoms with E-state index in [1.54, 1.807) is 24.3 Å². The average Bonchev–Trinajstić information content (AvgIpc) is 3.50. The highest BCUT2D eigenvalue weighted by molar-refractivity contribution is 6.08. The van der Waals surface area contributed by atoms with Crippen LogP contribution in [-0.4, -0.2) is 68.3 Å². The minimum absolute atomic E-state index is 0.0626. The van der Waals surface area contributed by atoms with Crippen LogP contribution in [-0.2, 0) is 11.2 Å². The SMILES string of the molecule is CN(C(=O)[C@@H]1CCCN1C(=O)O)C1CC(=O)c2c([nH]c(-c3ccncc3)c2Nc2ccccc2)C1. The largest absolute Gasteiger partial charge is 0.465 e. The van der Waals surface area contributed by atoms with E-state index in [2.05, 4.69) is 15.3 Å². The number of nitrogens with one attached hydrogen (secondary N) is 2. The maximum absolute atomic E-state index is 13.5. The Balaban J connectivity index is 1.47. The lowest BCUT2D eigenvalue weighted by Crippen LogP contribution is -2.51. The molecular weight excluding hydrogens is 446 g/mol. The zero-order valence-corrected chi connectivity index (χ0v) is 19.4. The number of hydrogen-bond donors (Lipinski definition) is 3. The summed E-state index contributed by atoms with van der Waals surface area (Å²) in [7, 11) is 1.67. The van der Waals surface area contributed by atoms with Crippen molar-refractivity contribution in [3.63, 3.8) is 0 Å². The molecule has 0 radical (unpaired) electrons. The number of Topliss-reactive ketones (excluding diaryl/α,β-unsaturated/α-hetero) is 1. The second kappa shape index (κ2) is 9.25. The maximum Gasteiger partial charge on any atom is 0.407 e. The van der Waals surface area contributed by atoms with Gasteiger partial charge in [-0.1, -0.05) is 18.2 Å². The lowest BCUT2D eigenvalue weighted by molar-refractivity contribution is -0.136. The molecule has 1 aromatic carbocycles. The van der Waals surface area contributed by atoms with E-state index in [0.717, 1.165) is 22.6 Å². The smallest absolute Gasteiger partial charge is 0.407 e. The van der Waals surface area contributed by atoms with Crippen molar-refractivity contribution in [3.8, 4) is 11.3 Å². The minimum atomic E-state index is -1.08. The number of pyridine rings is 1. The lowest BCUT2D eigenvalue weighted by Gasteiger charge is -2.34. The molecule has 35 heavy (non-hydrogen) atoms. The third-order valence-electron chi connectivity index (χ3n) is 6.91. The topological polar surface area (TPSA) is 119 Å². The first-order chi connectivity index (χ1) is 16.9. The molecule has 3 N–H and O–H groups in total. The number of anilines is 2. The highest BCUT2D eigenvalue weighted by atomic mass is 16.4. The highest BCUT2D eigenvalue weighted by Crippen LogP contribution is 2.39. The number of nitrogens with zero attached hydrogens (tertiary/aromatic N) is 3. The van der Waals surface area contributed by atoms with Gasteiger partial charge >= 0.3 is 6.09 Å². The Bertz CT molecular complexity index is 1260. The molecule has 3 heterocycles. The van der Waals surface area contributed by atoms with E-state index in [1.807, 2.05) is 42.5 Å². The molecule has 2 atom stereocenters. The third-order valence-corrected chi connectivity index (χ3v) is 6.91. The second-order valence-electron chi connectivity index (χ2n) is 9.02. The number of amides is 2. The van der Waals surface area contributed by atoms with Crippen molar-refractivity contribution in [3.05, 3.63) is 66.1 Å². The van der Waals surface area contributed by atoms with Gasteiger partial charge in [-0.15, -0.1) is 0 Å². The van der Waals surface area contributed by atoms with E-state index in [1.165, 1.54) is 4.90 Å². The van der Waals surface area contributed by atoms with Gasteiger partial charge < -0.3 is 20.3 Å². The number of ketones is 1. The molecule has 1 aliphatic heterocycles. The summed E-state index contributed by atoms with van der Waals surface area (Å²) in [5, 5.41) is 12.9. The molecule has 5 rings (SSSR count). The first-order valence-corrected chi connectivity index (χ1v) is 11.7. The van der Waals surface area contributed by atoms with Gasteiger partial charge in [0.2, 0.25) is 5.91 Å². The number of carbonyl (C=O) groups is 3. The normalized spacial score (nSPS) is 19.3. The summed E-state index contributed by atoms with van der Waals surface area (Å²) in [6.45, 7) is 0.355. The number of hydrogen-bond acceptors (Lipinski definition) is 5. The molecule has 1 saturated heterocycles. The summed E-state index contributed by atoms with van der Waals surface area (Å²) in [4.78, 5) is 48.5. The quantitative estimate of drug-likeness (QED) is 0.517. The summed E-state index contributed by atoms with van der Waals surface area (Å²) < 4.78 is 0. The van der Waals surface area contributed by atoms with Crippen molar-refractivity contribution in [1.29, 1.82) is 0 Å². The summed E-state index contributed by atoms with van der Waals surface area (Å²) in [5.74, 6) is -0.318. The fourth-order valence-corrected chi connectivity index (χ4v) is 5.10. The number of aromatic amines is 1. The molecule has 1 fully saturated rings. The Labute approximate surface area is 202 Å². The Morgan fingerprint density at radius 2 is 1.89 bits per heavy atom. The number of likely N-dealkylation sites (N-methyl/N-ethyl adjacent to an activating group) is 1. The molecule has 2 aliphatic rings. The number of carbonyl (C=O) groups excluding carboxylic acids is 2. The summed E-state index contributed by atoms with van der Waals surface area (Å²) in [6, 6.07) is 12.4. The van der Waals surface area contributed by atoms with Crippen LogP contribution in [0.2, 0.25) is 0 Å². The summed E-state index contributed by atoms with van der Waals surface area (Å²) >= 11 is 0. The van der Waals surface area contributed by atoms with Crippen LogP contribution in [0.4, 0.5) is 16.2 Å². The number of H-pyrrole nitrogens is 1. The molecule has 1 aliphatic carbocycles. The first kappa shape index (κ1) is 22.6. The zero-order chi connectivity index (χ0) is 24.5. The van der Waals surface area contributed by atoms with Gasteiger partial charge in [-0.05, 0) is 37.1 Å². The van der Waals surface area contributed by atoms with Gasteiger partial charge in [0.05, 0.1) is 16.9 Å². The van der Waals surface area contributed by atoms with Gasteiger partial charge in [-0.25, -0.2) is 4.79 Å². The molecule has 0 bridgehead atoms. The maximum atomic E-state index is 13.5. The number of aromatic nitrogens is 2. The Kier molecular flexibility index (Phi) is 5.98. The highest BCUT2D eigenvalue weighted by Gasteiger charge is 2.40. The van der Waals surface area contributed by atoms with Gasteiger partial charge in [-0.2, -0.15) is 0 Å². The van der Waals surface area contributed by atoms with Gasteiger partial charge in [-0.3, -0.25) is 19.5 Å². The van der Waals surface area contributed by atoms with Crippen LogP contribution in [0.1, 0.15) is 35.3 Å². The molecule has 0 spiro atoms. The molecular formula is C26H27N5O4. The van der Waals surface area contributed by atoms with E-state index >= 15 is 0 Å². The third kappa shape index (κ3) is 4.25. The van der Waals surface area contributed by atoms with Crippen molar-refractivity contribution >= 4 is 29.2 Å². The standard InChI is InChI=1S/C26H27N5O4/c1-30(25(33)20-8-5-13-31(20)26(34)35)18-14-19-22(21(32)15-18)24(28-17-6-3-2-4-7-17)23(29-19)16-9-11-27-12-10-16/h2-4,6-7,9-12,18,20,28-29H,5,8,13-15H2,1H3,(H,34,35)/t18?,20-/m0/s1. The lowest BCUT2D eigenvalue weighted by atomic mass is 9.90. The van der Waals surface area contributed by atoms with Crippen LogP contribution in [0.3, 0.4) is 0 Å².